The van der Waals surface area contributed by atoms with Crippen LogP contribution >= 0.6 is 0 Å². The van der Waals surface area contributed by atoms with E-state index in [9.17, 15) is 34.5 Å². The molecule has 2 fully saturated rings. The number of amides is 2. The number of anilines is 1. The maximum atomic E-state index is 15.0. The molecule has 0 radical (unpaired) electrons. The first-order valence-electron chi connectivity index (χ1n) is 27.5. The summed E-state index contributed by atoms with van der Waals surface area (Å²) in [5.74, 6) is -6.02. The molecule has 3 aliphatic rings. The van der Waals surface area contributed by atoms with E-state index in [1.807, 2.05) is 46.0 Å². The van der Waals surface area contributed by atoms with Crippen LogP contribution in [0.3, 0.4) is 0 Å². The molecular formula is C59H94N6O10. The van der Waals surface area contributed by atoms with Crippen LogP contribution in [0.2, 0.25) is 0 Å². The van der Waals surface area contributed by atoms with Gasteiger partial charge in [-0.1, -0.05) is 91.5 Å². The van der Waals surface area contributed by atoms with Gasteiger partial charge in [-0.3, -0.25) is 24.5 Å². The van der Waals surface area contributed by atoms with Crippen LogP contribution < -0.4 is 20.9 Å². The largest absolute Gasteiger partial charge is 0.461 e. The molecule has 1 aromatic rings. The van der Waals surface area contributed by atoms with Gasteiger partial charge in [-0.2, -0.15) is 0 Å². The number of para-hydroxylation sites is 1. The van der Waals surface area contributed by atoms with Crippen molar-refractivity contribution in [2.24, 2.45) is 35.5 Å². The number of aliphatic hydroxyl groups excluding tert-OH is 3. The van der Waals surface area contributed by atoms with Crippen LogP contribution in [0.4, 0.5) is 5.69 Å². The number of benzene rings is 1. The Balaban J connectivity index is 1.71. The zero-order chi connectivity index (χ0) is 55.6. The van der Waals surface area contributed by atoms with E-state index in [1.165, 1.54) is 13.2 Å². The van der Waals surface area contributed by atoms with E-state index in [0.717, 1.165) is 38.2 Å². The molecule has 0 bridgehead atoms. The van der Waals surface area contributed by atoms with Crippen molar-refractivity contribution in [2.45, 2.75) is 163 Å². The number of rotatable bonds is 17. The van der Waals surface area contributed by atoms with Gasteiger partial charge < -0.3 is 54.9 Å². The normalized spacial score (nSPS) is 30.5. The van der Waals surface area contributed by atoms with Gasteiger partial charge in [0.1, 0.15) is 18.3 Å². The molecule has 0 aromatic heterocycles. The van der Waals surface area contributed by atoms with Gasteiger partial charge in [0.05, 0.1) is 35.5 Å². The van der Waals surface area contributed by atoms with Crippen LogP contribution in [0.15, 0.2) is 90.2 Å². The standard InChI is InChI=1S/C59H94N6O10/c1-14-47-28-36-73-58(11,56(71)46(10)62-59(60-12)29-33-64(34-30-59)38-39(2)3)75-50(25-18-19-35-66)45(9)61-57(72)41(5)22-20-21-40(4)53(69)43(7)54(70)44(8)55(42(47)6)74-52(68)37-51(67)65-31-26-49(27-32-65)63(13)48-23-16-15-17-24-48/h15-17,20-24,28,36,39-40,42-44,47,49,53-55,60,62,66,69-70H,10,14,18-19,25-27,29-35,37-38H2,1-9,11-13H3,(H,61,72)/b21-20+,36-28+,41-22-,50-45+/t40-,42+,43+,44+,47-,53-,54+,55+,58-/m0/s1. The van der Waals surface area contributed by atoms with Crippen molar-refractivity contribution in [3.05, 3.63) is 90.2 Å². The fourth-order valence-electron chi connectivity index (χ4n) is 10.7. The van der Waals surface area contributed by atoms with Gasteiger partial charge in [0.15, 0.2) is 0 Å². The third-order valence-corrected chi connectivity index (χ3v) is 15.9. The zero-order valence-corrected chi connectivity index (χ0v) is 47.4. The fourth-order valence-corrected chi connectivity index (χ4v) is 10.7. The zero-order valence-electron chi connectivity index (χ0n) is 47.4. The van der Waals surface area contributed by atoms with Gasteiger partial charge in [-0.15, -0.1) is 0 Å². The third-order valence-electron chi connectivity index (χ3n) is 15.9. The molecule has 420 valence electrons. The predicted octanol–water partition coefficient (Wildman–Crippen LogP) is 7.34. The third kappa shape index (κ3) is 17.8. The molecule has 2 amide bonds. The van der Waals surface area contributed by atoms with Gasteiger partial charge in [0, 0.05) is 94.8 Å². The minimum atomic E-state index is -2.04. The lowest BCUT2D eigenvalue weighted by atomic mass is 9.76. The number of carbonyl (C=O) groups excluding carboxylic acids is 4. The number of nitrogens with one attached hydrogen (secondary N) is 3. The Morgan fingerprint density at radius 2 is 1.61 bits per heavy atom. The highest BCUT2D eigenvalue weighted by Crippen LogP contribution is 2.35. The van der Waals surface area contributed by atoms with Gasteiger partial charge in [-0.25, -0.2) is 0 Å². The molecule has 75 heavy (non-hydrogen) atoms. The van der Waals surface area contributed by atoms with E-state index in [2.05, 4.69) is 65.4 Å². The van der Waals surface area contributed by atoms with Crippen LogP contribution in [0.1, 0.15) is 127 Å². The number of ether oxygens (including phenoxy) is 3. The Labute approximate surface area is 449 Å². The number of nitrogens with zero attached hydrogens (tertiary/aromatic N) is 3. The second-order valence-corrected chi connectivity index (χ2v) is 22.1. The van der Waals surface area contributed by atoms with Gasteiger partial charge in [0.25, 0.3) is 11.7 Å². The molecule has 0 unspecified atom stereocenters. The summed E-state index contributed by atoms with van der Waals surface area (Å²) < 4.78 is 19.5. The Hall–Kier alpha value is -5.00. The molecule has 1 aromatic carbocycles. The molecule has 9 atom stereocenters. The Kier molecular flexibility index (Phi) is 24.6. The number of carbonyl (C=O) groups is 4. The quantitative estimate of drug-likeness (QED) is 0.0298. The van der Waals surface area contributed by atoms with Crippen LogP contribution in [-0.2, 0) is 33.4 Å². The summed E-state index contributed by atoms with van der Waals surface area (Å²) in [6, 6.07) is 10.4. The smallest absolute Gasteiger partial charge is 0.315 e. The van der Waals surface area contributed by atoms with Crippen LogP contribution in [0.25, 0.3) is 0 Å². The van der Waals surface area contributed by atoms with Gasteiger partial charge in [-0.05, 0) is 102 Å². The molecule has 0 spiro atoms. The Morgan fingerprint density at radius 3 is 2.21 bits per heavy atom. The summed E-state index contributed by atoms with van der Waals surface area (Å²) >= 11 is 0. The summed E-state index contributed by atoms with van der Waals surface area (Å²) in [4.78, 5) is 62.7. The predicted molar refractivity (Wildman–Crippen MR) is 295 cm³/mol. The summed E-state index contributed by atoms with van der Waals surface area (Å²) in [6.07, 6.45) is 9.25. The first-order chi connectivity index (χ1) is 35.5. The van der Waals surface area contributed by atoms with Crippen molar-refractivity contribution < 1.29 is 48.7 Å². The number of allylic oxidation sites excluding steroid dienone is 5. The number of unbranched alkanes of at least 4 members (excludes halogenated alkanes) is 1. The summed E-state index contributed by atoms with van der Waals surface area (Å²) in [5, 5.41) is 43.2. The van der Waals surface area contributed by atoms with Gasteiger partial charge >= 0.3 is 11.8 Å². The minimum absolute atomic E-state index is 0.0595. The SMILES string of the molecule is C=C(NC1(NC)CCN(CC(C)C)CC1)C(=O)[C@@]1(C)O/C=C/[C@H](CC)[C@@H](C)[C@@H](OC(=O)CC(=O)N2CCC(N(C)c3ccccc3)CC2)[C@H](C)[C@H](O)[C@H](C)[C@@H](O)[C@@H](C)/C=C/C=C(/C)C(=O)N/C(C)=C(\CCCCO)O1. The molecule has 16 heteroatoms. The van der Waals surface area contributed by atoms with Crippen molar-refractivity contribution in [2.75, 3.05) is 58.3 Å². The monoisotopic (exact) mass is 1050 g/mol. The number of hydrogen-bond donors (Lipinski definition) is 6. The fraction of sp³-hybridized carbons (Fsp3) is 0.661. The maximum Gasteiger partial charge on any atom is 0.315 e. The second kappa shape index (κ2) is 29.5. The van der Waals surface area contributed by atoms with Crippen molar-refractivity contribution in [1.29, 1.82) is 0 Å². The number of aliphatic hydroxyl groups is 3. The van der Waals surface area contributed by atoms with Crippen LogP contribution in [0.5, 0.6) is 0 Å². The number of esters is 1. The summed E-state index contributed by atoms with van der Waals surface area (Å²) in [7, 11) is 3.92. The Morgan fingerprint density at radius 1 is 0.960 bits per heavy atom. The highest BCUT2D eigenvalue weighted by atomic mass is 16.7. The average Bonchev–Trinajstić information content (AvgIpc) is 3.39. The lowest BCUT2D eigenvalue weighted by Gasteiger charge is -2.44. The van der Waals surface area contributed by atoms with E-state index in [0.29, 0.717) is 62.4 Å². The van der Waals surface area contributed by atoms with Crippen molar-refractivity contribution >= 4 is 29.3 Å². The van der Waals surface area contributed by atoms with Crippen molar-refractivity contribution in [3.63, 3.8) is 0 Å². The number of hydrogen-bond acceptors (Lipinski definition) is 14. The van der Waals surface area contributed by atoms with Crippen LogP contribution in [-0.4, -0.2) is 138 Å². The molecule has 16 nitrogen and oxygen atoms in total. The summed E-state index contributed by atoms with van der Waals surface area (Å²) in [6.45, 7) is 26.2. The number of piperidine rings is 2. The van der Waals surface area contributed by atoms with E-state index in [-0.39, 0.29) is 42.4 Å². The first-order valence-corrected chi connectivity index (χ1v) is 27.5. The highest BCUT2D eigenvalue weighted by molar-refractivity contribution is 6.00. The number of Topliss-reactive ketones (excluding diaryl/α,β-unsaturated/α-hetero) is 1. The maximum absolute atomic E-state index is 15.0. The average molecular weight is 1050 g/mol. The molecule has 6 N–H and O–H groups in total. The molecule has 0 aliphatic carbocycles. The number of likely N-dealkylation sites (tertiary alicyclic amines) is 2. The lowest BCUT2D eigenvalue weighted by molar-refractivity contribution is -0.184. The molecular weight excluding hydrogens is 953 g/mol. The van der Waals surface area contributed by atoms with Crippen LogP contribution in [0, 0.1) is 35.5 Å². The van der Waals surface area contributed by atoms with Crippen molar-refractivity contribution in [1.82, 2.24) is 25.8 Å². The molecule has 4 rings (SSSR count). The lowest BCUT2D eigenvalue weighted by Crippen LogP contribution is -2.62. The molecule has 3 aliphatic heterocycles. The Bertz CT molecular complexity index is 2150. The number of ketones is 1. The van der Waals surface area contributed by atoms with E-state index >= 15 is 0 Å². The molecule has 2 saturated heterocycles. The minimum Gasteiger partial charge on any atom is -0.461 e. The highest BCUT2D eigenvalue weighted by Gasteiger charge is 2.44. The molecule has 3 heterocycles. The van der Waals surface area contributed by atoms with E-state index in [1.54, 1.807) is 56.9 Å². The topological polar surface area (TPSA) is 202 Å². The first kappa shape index (κ1) is 62.5. The van der Waals surface area contributed by atoms with Crippen molar-refractivity contribution in [3.8, 4) is 0 Å². The van der Waals surface area contributed by atoms with Gasteiger partial charge in [0.2, 0.25) is 5.91 Å². The second-order valence-electron chi connectivity index (χ2n) is 22.1. The summed E-state index contributed by atoms with van der Waals surface area (Å²) in [5.41, 5.74) is 1.23. The molecule has 0 saturated carbocycles. The van der Waals surface area contributed by atoms with E-state index < -0.39 is 77.5 Å². The van der Waals surface area contributed by atoms with E-state index in [4.69, 9.17) is 14.2 Å².